The molecule has 1 saturated carbocycles. The highest BCUT2D eigenvalue weighted by Gasteiger charge is 2.53. The lowest BCUT2D eigenvalue weighted by atomic mass is 9.63. The number of nitrogens with one attached hydrogen (secondary N) is 1. The molecular formula is C16H25NO2S. The number of hydrogen-bond donors (Lipinski definition) is 1. The Morgan fingerprint density at radius 1 is 1.40 bits per heavy atom. The monoisotopic (exact) mass is 295 g/mol. The molecule has 0 aliphatic heterocycles. The predicted octanol–water partition coefficient (Wildman–Crippen LogP) is 3.74. The van der Waals surface area contributed by atoms with Gasteiger partial charge in [-0.3, -0.25) is 10.1 Å². The molecular weight excluding hydrogens is 270 g/mol. The van der Waals surface area contributed by atoms with Crippen LogP contribution in [0.5, 0.6) is 0 Å². The van der Waals surface area contributed by atoms with Gasteiger partial charge < -0.3 is 4.74 Å². The van der Waals surface area contributed by atoms with E-state index in [2.05, 4.69) is 30.6 Å². The Morgan fingerprint density at radius 2 is 2.15 bits per heavy atom. The van der Waals surface area contributed by atoms with Gasteiger partial charge in [-0.1, -0.05) is 32.8 Å². The van der Waals surface area contributed by atoms with Crippen LogP contribution < -0.4 is 5.32 Å². The van der Waals surface area contributed by atoms with Crippen LogP contribution in [0.3, 0.4) is 0 Å². The van der Waals surface area contributed by atoms with Gasteiger partial charge in [-0.2, -0.15) is 0 Å². The molecule has 0 aromatic carbocycles. The lowest BCUT2D eigenvalue weighted by molar-refractivity contribution is -0.160. The summed E-state index contributed by atoms with van der Waals surface area (Å²) in [6.07, 6.45) is 4.20. The summed E-state index contributed by atoms with van der Waals surface area (Å²) in [5.41, 5.74) is -0.625. The average molecular weight is 295 g/mol. The van der Waals surface area contributed by atoms with E-state index in [1.54, 1.807) is 11.3 Å². The molecule has 0 amide bonds. The summed E-state index contributed by atoms with van der Waals surface area (Å²) < 4.78 is 5.39. The van der Waals surface area contributed by atoms with Gasteiger partial charge in [0.15, 0.2) is 0 Å². The molecule has 1 heterocycles. The van der Waals surface area contributed by atoms with Crippen molar-refractivity contribution in [2.75, 3.05) is 6.61 Å². The van der Waals surface area contributed by atoms with Crippen LogP contribution in [0.4, 0.5) is 0 Å². The van der Waals surface area contributed by atoms with E-state index in [0.29, 0.717) is 6.61 Å². The Bertz CT molecular complexity index is 441. The first-order valence-electron chi connectivity index (χ1n) is 7.46. The number of hydrogen-bond acceptors (Lipinski definition) is 4. The summed E-state index contributed by atoms with van der Waals surface area (Å²) in [5, 5.41) is 5.62. The molecule has 0 saturated heterocycles. The molecule has 1 aromatic heterocycles. The topological polar surface area (TPSA) is 38.3 Å². The molecule has 0 spiro atoms. The lowest BCUT2D eigenvalue weighted by Gasteiger charge is -2.48. The summed E-state index contributed by atoms with van der Waals surface area (Å²) in [6, 6.07) is 4.15. The Labute approximate surface area is 125 Å². The largest absolute Gasteiger partial charge is 0.465 e. The maximum absolute atomic E-state index is 12.6. The molecule has 1 unspecified atom stereocenters. The first kappa shape index (κ1) is 15.5. The Morgan fingerprint density at radius 3 is 2.75 bits per heavy atom. The number of carbonyl (C=O) groups is 1. The summed E-state index contributed by atoms with van der Waals surface area (Å²) in [5.74, 6) is -0.0822. The molecule has 1 aliphatic carbocycles. The number of esters is 1. The van der Waals surface area contributed by atoms with Gasteiger partial charge >= 0.3 is 5.97 Å². The van der Waals surface area contributed by atoms with Crippen LogP contribution in [0.2, 0.25) is 0 Å². The smallest absolute Gasteiger partial charge is 0.326 e. The van der Waals surface area contributed by atoms with E-state index in [4.69, 9.17) is 4.74 Å². The highest BCUT2D eigenvalue weighted by atomic mass is 32.1. The second-order valence-corrected chi connectivity index (χ2v) is 7.18. The maximum Gasteiger partial charge on any atom is 0.326 e. The summed E-state index contributed by atoms with van der Waals surface area (Å²) in [7, 11) is 0. The van der Waals surface area contributed by atoms with E-state index in [1.807, 2.05) is 13.0 Å². The van der Waals surface area contributed by atoms with Crippen LogP contribution in [0, 0.1) is 5.41 Å². The highest BCUT2D eigenvalue weighted by molar-refractivity contribution is 7.09. The van der Waals surface area contributed by atoms with Gasteiger partial charge in [0.1, 0.15) is 5.54 Å². The van der Waals surface area contributed by atoms with Crippen molar-refractivity contribution in [1.29, 1.82) is 0 Å². The van der Waals surface area contributed by atoms with Crippen molar-refractivity contribution in [3.8, 4) is 0 Å². The van der Waals surface area contributed by atoms with Crippen LogP contribution in [-0.4, -0.2) is 18.1 Å². The van der Waals surface area contributed by atoms with E-state index >= 15 is 0 Å². The molecule has 1 N–H and O–H groups in total. The van der Waals surface area contributed by atoms with Crippen LogP contribution in [0.25, 0.3) is 0 Å². The maximum atomic E-state index is 12.6. The lowest BCUT2D eigenvalue weighted by Crippen LogP contribution is -2.63. The first-order chi connectivity index (χ1) is 9.52. The van der Waals surface area contributed by atoms with Crippen LogP contribution in [0.1, 0.15) is 51.3 Å². The van der Waals surface area contributed by atoms with Crippen molar-refractivity contribution in [2.45, 2.75) is 58.5 Å². The molecule has 112 valence electrons. The number of ether oxygens (including phenoxy) is 1. The van der Waals surface area contributed by atoms with Crippen LogP contribution in [-0.2, 0) is 16.1 Å². The van der Waals surface area contributed by atoms with Gasteiger partial charge in [0.25, 0.3) is 0 Å². The van der Waals surface area contributed by atoms with Gasteiger partial charge in [0.05, 0.1) is 6.61 Å². The third-order valence-corrected chi connectivity index (χ3v) is 5.40. The van der Waals surface area contributed by atoms with Crippen molar-refractivity contribution >= 4 is 17.3 Å². The fourth-order valence-corrected chi connectivity index (χ4v) is 3.84. The normalized spacial score (nSPS) is 25.4. The van der Waals surface area contributed by atoms with Crippen molar-refractivity contribution in [2.24, 2.45) is 5.41 Å². The zero-order valence-electron chi connectivity index (χ0n) is 12.7. The molecule has 0 bridgehead atoms. The van der Waals surface area contributed by atoms with E-state index in [9.17, 15) is 4.79 Å². The second kappa shape index (κ2) is 6.27. The van der Waals surface area contributed by atoms with Crippen molar-refractivity contribution in [1.82, 2.24) is 5.32 Å². The van der Waals surface area contributed by atoms with E-state index in [1.165, 1.54) is 11.3 Å². The number of rotatable bonds is 5. The minimum Gasteiger partial charge on any atom is -0.465 e. The van der Waals surface area contributed by atoms with E-state index in [-0.39, 0.29) is 11.4 Å². The van der Waals surface area contributed by atoms with E-state index in [0.717, 1.165) is 25.8 Å². The fraction of sp³-hybridized carbons (Fsp3) is 0.688. The summed E-state index contributed by atoms with van der Waals surface area (Å²) in [4.78, 5) is 13.9. The van der Waals surface area contributed by atoms with Crippen LogP contribution in [0.15, 0.2) is 17.5 Å². The van der Waals surface area contributed by atoms with E-state index < -0.39 is 5.54 Å². The summed E-state index contributed by atoms with van der Waals surface area (Å²) >= 11 is 1.72. The predicted molar refractivity (Wildman–Crippen MR) is 82.8 cm³/mol. The molecule has 1 fully saturated rings. The molecule has 0 radical (unpaired) electrons. The molecule has 2 rings (SSSR count). The van der Waals surface area contributed by atoms with Gasteiger partial charge in [-0.05, 0) is 36.6 Å². The molecule has 1 aromatic rings. The molecule has 1 atom stereocenters. The second-order valence-electron chi connectivity index (χ2n) is 6.15. The molecule has 20 heavy (non-hydrogen) atoms. The van der Waals surface area contributed by atoms with Gasteiger partial charge in [0, 0.05) is 11.4 Å². The molecule has 1 aliphatic rings. The minimum atomic E-state index is -0.550. The molecule has 3 nitrogen and oxygen atoms in total. The van der Waals surface area contributed by atoms with Gasteiger partial charge in [0.2, 0.25) is 0 Å². The number of thiophene rings is 1. The molecule has 4 heteroatoms. The standard InChI is InChI=1S/C16H25NO2S/c1-4-19-14(18)16(10-6-5-9-15(16,2)3)17-12-13-8-7-11-20-13/h7-8,11,17H,4-6,9-10,12H2,1-3H3. The van der Waals surface area contributed by atoms with Crippen LogP contribution >= 0.6 is 11.3 Å². The minimum absolute atomic E-state index is 0.0746. The third-order valence-electron chi connectivity index (χ3n) is 4.53. The fourth-order valence-electron chi connectivity index (χ4n) is 3.19. The Kier molecular flexibility index (Phi) is 4.86. The quantitative estimate of drug-likeness (QED) is 0.841. The SMILES string of the molecule is CCOC(=O)C1(NCc2cccs2)CCCCC1(C)C. The highest BCUT2D eigenvalue weighted by Crippen LogP contribution is 2.44. The van der Waals surface area contributed by atoms with Crippen molar-refractivity contribution in [3.63, 3.8) is 0 Å². The summed E-state index contributed by atoms with van der Waals surface area (Å²) in [6.45, 7) is 7.42. The Balaban J connectivity index is 2.20. The van der Waals surface area contributed by atoms with Crippen molar-refractivity contribution in [3.05, 3.63) is 22.4 Å². The Hall–Kier alpha value is -0.870. The first-order valence-corrected chi connectivity index (χ1v) is 8.34. The zero-order chi connectivity index (χ0) is 14.6. The van der Waals surface area contributed by atoms with Gasteiger partial charge in [-0.25, -0.2) is 0 Å². The number of carbonyl (C=O) groups excluding carboxylic acids is 1. The average Bonchev–Trinajstić information content (AvgIpc) is 2.90. The van der Waals surface area contributed by atoms with Gasteiger partial charge in [-0.15, -0.1) is 11.3 Å². The zero-order valence-corrected chi connectivity index (χ0v) is 13.5. The third kappa shape index (κ3) is 2.91. The van der Waals surface area contributed by atoms with Crippen molar-refractivity contribution < 1.29 is 9.53 Å².